The van der Waals surface area contributed by atoms with E-state index in [1.807, 2.05) is 6.07 Å². The van der Waals surface area contributed by atoms with Gasteiger partial charge in [0, 0.05) is 24.2 Å². The maximum absolute atomic E-state index is 9.92. The fraction of sp³-hybridized carbons (Fsp3) is 0.200. The van der Waals surface area contributed by atoms with Crippen molar-refractivity contribution in [1.82, 2.24) is 5.32 Å². The number of aromatic hydroxyl groups is 2. The van der Waals surface area contributed by atoms with Gasteiger partial charge in [-0.05, 0) is 29.8 Å². The second kappa shape index (κ2) is 6.27. The van der Waals surface area contributed by atoms with Gasteiger partial charge in [0.2, 0.25) is 0 Å². The van der Waals surface area contributed by atoms with E-state index in [1.165, 1.54) is 0 Å². The van der Waals surface area contributed by atoms with Crippen molar-refractivity contribution in [3.8, 4) is 11.5 Å². The summed E-state index contributed by atoms with van der Waals surface area (Å²) in [6.45, 7) is 0.262. The molecule has 5 heteroatoms. The zero-order valence-corrected chi connectivity index (χ0v) is 11.0. The number of rotatable bonds is 5. The average Bonchev–Trinajstić information content (AvgIpc) is 2.38. The Bertz CT molecular complexity index is 567. The molecule has 6 N–H and O–H groups in total. The van der Waals surface area contributed by atoms with E-state index in [-0.39, 0.29) is 18.0 Å². The van der Waals surface area contributed by atoms with E-state index in [2.05, 4.69) is 5.32 Å². The summed E-state index contributed by atoms with van der Waals surface area (Å²) in [5.41, 5.74) is 7.61. The van der Waals surface area contributed by atoms with Crippen molar-refractivity contribution in [2.45, 2.75) is 19.2 Å². The molecule has 106 valence electrons. The third kappa shape index (κ3) is 3.63. The van der Waals surface area contributed by atoms with E-state index < -0.39 is 6.23 Å². The standard InChI is InChI=1S/C15H18N2O3/c16-13-5-2-6-14(19)12(13)9-17-15(20)8-10-3-1-4-11(18)7-10/h1-7,15,17-20H,8-9,16H2. The minimum atomic E-state index is -0.796. The number of hydrogen-bond donors (Lipinski definition) is 5. The number of anilines is 1. The van der Waals surface area contributed by atoms with Crippen molar-refractivity contribution in [2.24, 2.45) is 0 Å². The molecule has 1 unspecified atom stereocenters. The van der Waals surface area contributed by atoms with Gasteiger partial charge >= 0.3 is 0 Å². The van der Waals surface area contributed by atoms with Gasteiger partial charge in [0.15, 0.2) is 0 Å². The van der Waals surface area contributed by atoms with E-state index >= 15 is 0 Å². The van der Waals surface area contributed by atoms with Crippen LogP contribution in [0.25, 0.3) is 0 Å². The summed E-state index contributed by atoms with van der Waals surface area (Å²) in [6.07, 6.45) is -0.446. The highest BCUT2D eigenvalue weighted by atomic mass is 16.3. The van der Waals surface area contributed by atoms with E-state index in [0.717, 1.165) is 5.56 Å². The number of aliphatic hydroxyl groups excluding tert-OH is 1. The summed E-state index contributed by atoms with van der Waals surface area (Å²) in [6, 6.07) is 11.6. The van der Waals surface area contributed by atoms with Crippen LogP contribution in [0.2, 0.25) is 0 Å². The zero-order chi connectivity index (χ0) is 14.5. The van der Waals surface area contributed by atoms with Crippen LogP contribution in [-0.2, 0) is 13.0 Å². The first-order chi connectivity index (χ1) is 9.56. The molecule has 0 radical (unpaired) electrons. The molecule has 0 heterocycles. The van der Waals surface area contributed by atoms with Crippen LogP contribution in [0.3, 0.4) is 0 Å². The van der Waals surface area contributed by atoms with E-state index in [1.54, 1.807) is 36.4 Å². The first-order valence-electron chi connectivity index (χ1n) is 6.32. The Morgan fingerprint density at radius 3 is 2.55 bits per heavy atom. The molecule has 0 aliphatic rings. The van der Waals surface area contributed by atoms with Gasteiger partial charge < -0.3 is 21.1 Å². The van der Waals surface area contributed by atoms with Gasteiger partial charge in [-0.1, -0.05) is 18.2 Å². The summed E-state index contributed by atoms with van der Waals surface area (Å²) < 4.78 is 0. The lowest BCUT2D eigenvalue weighted by molar-refractivity contribution is 0.135. The second-order valence-electron chi connectivity index (χ2n) is 4.62. The largest absolute Gasteiger partial charge is 0.508 e. The van der Waals surface area contributed by atoms with Crippen molar-refractivity contribution in [3.63, 3.8) is 0 Å². The Morgan fingerprint density at radius 2 is 1.85 bits per heavy atom. The highest BCUT2D eigenvalue weighted by molar-refractivity contribution is 5.53. The number of nitrogen functional groups attached to an aromatic ring is 1. The summed E-state index contributed by atoms with van der Waals surface area (Å²) in [7, 11) is 0. The molecule has 20 heavy (non-hydrogen) atoms. The Labute approximate surface area is 117 Å². The predicted molar refractivity (Wildman–Crippen MR) is 77.2 cm³/mol. The van der Waals surface area contributed by atoms with Crippen LogP contribution >= 0.6 is 0 Å². The lowest BCUT2D eigenvalue weighted by Gasteiger charge is -2.15. The second-order valence-corrected chi connectivity index (χ2v) is 4.62. The summed E-state index contributed by atoms with van der Waals surface area (Å²) in [4.78, 5) is 0. The van der Waals surface area contributed by atoms with Crippen LogP contribution in [0.1, 0.15) is 11.1 Å². The van der Waals surface area contributed by atoms with Gasteiger partial charge in [0.05, 0.1) is 0 Å². The fourth-order valence-corrected chi connectivity index (χ4v) is 1.98. The molecule has 0 spiro atoms. The van der Waals surface area contributed by atoms with Crippen molar-refractivity contribution in [1.29, 1.82) is 0 Å². The predicted octanol–water partition coefficient (Wildman–Crippen LogP) is 1.33. The van der Waals surface area contributed by atoms with Crippen LogP contribution in [0.4, 0.5) is 5.69 Å². The Balaban J connectivity index is 1.94. The van der Waals surface area contributed by atoms with Crippen LogP contribution in [0.5, 0.6) is 11.5 Å². The smallest absolute Gasteiger partial charge is 0.122 e. The van der Waals surface area contributed by atoms with Gasteiger partial charge in [-0.15, -0.1) is 0 Å². The first-order valence-corrected chi connectivity index (χ1v) is 6.32. The molecule has 0 saturated carbocycles. The summed E-state index contributed by atoms with van der Waals surface area (Å²) in [5, 5.41) is 31.9. The SMILES string of the molecule is Nc1cccc(O)c1CNC(O)Cc1cccc(O)c1. The molecule has 0 aromatic heterocycles. The van der Waals surface area contributed by atoms with Gasteiger partial charge in [0.25, 0.3) is 0 Å². The molecule has 0 bridgehead atoms. The number of phenolic OH excluding ortho intramolecular Hbond substituents is 2. The Hall–Kier alpha value is -2.24. The quantitative estimate of drug-likeness (QED) is 0.418. The van der Waals surface area contributed by atoms with Crippen LogP contribution < -0.4 is 11.1 Å². The van der Waals surface area contributed by atoms with Crippen LogP contribution in [0.15, 0.2) is 42.5 Å². The monoisotopic (exact) mass is 274 g/mol. The molecule has 0 saturated heterocycles. The van der Waals surface area contributed by atoms with E-state index in [0.29, 0.717) is 17.7 Å². The molecule has 0 aliphatic carbocycles. The lowest BCUT2D eigenvalue weighted by Crippen LogP contribution is -2.30. The number of nitrogens with two attached hydrogens (primary N) is 1. The highest BCUT2D eigenvalue weighted by Gasteiger charge is 2.09. The van der Waals surface area contributed by atoms with Crippen molar-refractivity contribution in [2.75, 3.05) is 5.73 Å². The number of phenols is 2. The van der Waals surface area contributed by atoms with E-state index in [4.69, 9.17) is 5.73 Å². The molecule has 2 aromatic rings. The van der Waals surface area contributed by atoms with Gasteiger partial charge in [0.1, 0.15) is 17.7 Å². The van der Waals surface area contributed by atoms with Crippen molar-refractivity contribution < 1.29 is 15.3 Å². The zero-order valence-electron chi connectivity index (χ0n) is 11.0. The number of benzene rings is 2. The number of aliphatic hydroxyl groups is 1. The molecular formula is C15H18N2O3. The average molecular weight is 274 g/mol. The highest BCUT2D eigenvalue weighted by Crippen LogP contribution is 2.22. The molecular weight excluding hydrogens is 256 g/mol. The van der Waals surface area contributed by atoms with Gasteiger partial charge in [-0.2, -0.15) is 0 Å². The summed E-state index contributed by atoms with van der Waals surface area (Å²) >= 11 is 0. The lowest BCUT2D eigenvalue weighted by atomic mass is 10.1. The maximum Gasteiger partial charge on any atom is 0.122 e. The van der Waals surface area contributed by atoms with Gasteiger partial charge in [-0.25, -0.2) is 0 Å². The molecule has 2 rings (SSSR count). The number of hydrogen-bond acceptors (Lipinski definition) is 5. The van der Waals surface area contributed by atoms with Crippen LogP contribution in [-0.4, -0.2) is 21.5 Å². The van der Waals surface area contributed by atoms with Gasteiger partial charge in [-0.3, -0.25) is 5.32 Å². The maximum atomic E-state index is 9.92. The topological polar surface area (TPSA) is 98.7 Å². The number of nitrogens with one attached hydrogen (secondary N) is 1. The Morgan fingerprint density at radius 1 is 1.10 bits per heavy atom. The first kappa shape index (κ1) is 14.2. The van der Waals surface area contributed by atoms with Crippen molar-refractivity contribution >= 4 is 5.69 Å². The Kier molecular flexibility index (Phi) is 4.45. The fourth-order valence-electron chi connectivity index (χ4n) is 1.98. The van der Waals surface area contributed by atoms with Crippen LogP contribution in [0, 0.1) is 0 Å². The molecule has 0 aliphatic heterocycles. The third-order valence-electron chi connectivity index (χ3n) is 3.04. The molecule has 0 fully saturated rings. The summed E-state index contributed by atoms with van der Waals surface area (Å²) in [5.74, 6) is 0.265. The minimum Gasteiger partial charge on any atom is -0.508 e. The van der Waals surface area contributed by atoms with Crippen molar-refractivity contribution in [3.05, 3.63) is 53.6 Å². The van der Waals surface area contributed by atoms with E-state index in [9.17, 15) is 15.3 Å². The molecule has 0 amide bonds. The third-order valence-corrected chi connectivity index (χ3v) is 3.04. The molecule has 5 nitrogen and oxygen atoms in total. The molecule has 1 atom stereocenters. The normalized spacial score (nSPS) is 12.2. The minimum absolute atomic E-state index is 0.0991. The molecule has 2 aromatic carbocycles.